The second-order valence-electron chi connectivity index (χ2n) is 5.96. The molecule has 1 aromatic carbocycles. The molecule has 0 saturated heterocycles. The van der Waals surface area contributed by atoms with Gasteiger partial charge in [-0.15, -0.1) is 0 Å². The van der Waals surface area contributed by atoms with E-state index >= 15 is 0 Å². The number of rotatable bonds is 3. The van der Waals surface area contributed by atoms with E-state index in [-0.39, 0.29) is 5.97 Å². The quantitative estimate of drug-likeness (QED) is 0.458. The number of ether oxygens (including phenoxy) is 1. The SMILES string of the molecule is CC(C)(C)OC(=O)C(C)(C)c1ccc(CI)cc1. The number of esters is 1. The minimum atomic E-state index is -0.614. The molecule has 0 saturated carbocycles. The van der Waals surface area contributed by atoms with Crippen LogP contribution in [-0.2, 0) is 19.4 Å². The molecule has 0 spiro atoms. The van der Waals surface area contributed by atoms with E-state index in [0.29, 0.717) is 0 Å². The number of carbonyl (C=O) groups excluding carboxylic acids is 1. The third-order valence-electron chi connectivity index (χ3n) is 2.74. The van der Waals surface area contributed by atoms with Crippen LogP contribution < -0.4 is 0 Å². The van der Waals surface area contributed by atoms with E-state index in [4.69, 9.17) is 4.74 Å². The molecule has 0 N–H and O–H groups in total. The Kier molecular flexibility index (Phi) is 4.81. The highest BCUT2D eigenvalue weighted by Gasteiger charge is 2.34. The molecule has 0 amide bonds. The Morgan fingerprint density at radius 3 is 2.00 bits per heavy atom. The molecule has 0 atom stereocenters. The van der Waals surface area contributed by atoms with Crippen LogP contribution in [0.2, 0.25) is 0 Å². The lowest BCUT2D eigenvalue weighted by Gasteiger charge is -2.28. The van der Waals surface area contributed by atoms with E-state index in [1.54, 1.807) is 0 Å². The largest absolute Gasteiger partial charge is 0.459 e. The number of hydrogen-bond donors (Lipinski definition) is 0. The van der Waals surface area contributed by atoms with Gasteiger partial charge in [0.1, 0.15) is 5.60 Å². The highest BCUT2D eigenvalue weighted by atomic mass is 127. The topological polar surface area (TPSA) is 26.3 Å². The molecule has 0 aromatic heterocycles. The lowest BCUT2D eigenvalue weighted by molar-refractivity contribution is -0.160. The summed E-state index contributed by atoms with van der Waals surface area (Å²) in [6, 6.07) is 8.15. The first-order chi connectivity index (χ1) is 8.16. The first-order valence-electron chi connectivity index (χ1n) is 6.05. The van der Waals surface area contributed by atoms with E-state index in [2.05, 4.69) is 34.7 Å². The van der Waals surface area contributed by atoms with Crippen LogP contribution in [0.15, 0.2) is 24.3 Å². The van der Waals surface area contributed by atoms with Gasteiger partial charge in [0, 0.05) is 4.43 Å². The molecule has 0 bridgehead atoms. The van der Waals surface area contributed by atoms with Crippen LogP contribution in [0.25, 0.3) is 0 Å². The van der Waals surface area contributed by atoms with Crippen LogP contribution >= 0.6 is 22.6 Å². The summed E-state index contributed by atoms with van der Waals surface area (Å²) in [7, 11) is 0. The molecule has 0 aliphatic carbocycles. The maximum Gasteiger partial charge on any atom is 0.316 e. The number of halogens is 1. The van der Waals surface area contributed by atoms with Crippen LogP contribution in [0.1, 0.15) is 45.7 Å². The van der Waals surface area contributed by atoms with Crippen LogP contribution in [0.5, 0.6) is 0 Å². The Hall–Kier alpha value is -0.580. The average Bonchev–Trinajstić information content (AvgIpc) is 2.27. The van der Waals surface area contributed by atoms with E-state index in [0.717, 1.165) is 9.99 Å². The Balaban J connectivity index is 2.94. The van der Waals surface area contributed by atoms with E-state index in [9.17, 15) is 4.79 Å². The molecule has 100 valence electrons. The third kappa shape index (κ3) is 3.97. The molecule has 0 aliphatic heterocycles. The first kappa shape index (κ1) is 15.5. The number of carbonyl (C=O) groups is 1. The van der Waals surface area contributed by atoms with Crippen molar-refractivity contribution in [3.05, 3.63) is 35.4 Å². The van der Waals surface area contributed by atoms with E-state index < -0.39 is 11.0 Å². The van der Waals surface area contributed by atoms with Crippen molar-refractivity contribution in [1.29, 1.82) is 0 Å². The van der Waals surface area contributed by atoms with Gasteiger partial charge in [-0.3, -0.25) is 4.79 Å². The van der Waals surface area contributed by atoms with Crippen molar-refractivity contribution in [2.45, 2.75) is 50.1 Å². The van der Waals surface area contributed by atoms with Crippen LogP contribution in [0, 0.1) is 0 Å². The van der Waals surface area contributed by atoms with Gasteiger partial charge in [0.25, 0.3) is 0 Å². The van der Waals surface area contributed by atoms with Gasteiger partial charge in [-0.25, -0.2) is 0 Å². The molecule has 3 heteroatoms. The zero-order chi connectivity index (χ0) is 14.0. The van der Waals surface area contributed by atoms with Crippen LogP contribution in [0.4, 0.5) is 0 Å². The molecule has 0 fully saturated rings. The van der Waals surface area contributed by atoms with Crippen LogP contribution in [0.3, 0.4) is 0 Å². The number of benzene rings is 1. The summed E-state index contributed by atoms with van der Waals surface area (Å²) < 4.78 is 6.45. The lowest BCUT2D eigenvalue weighted by Crippen LogP contribution is -2.36. The minimum Gasteiger partial charge on any atom is -0.459 e. The predicted octanol–water partition coefficient (Wildman–Crippen LogP) is 4.24. The number of alkyl halides is 1. The molecule has 1 aromatic rings. The maximum atomic E-state index is 12.2. The van der Waals surface area contributed by atoms with Gasteiger partial charge in [0.2, 0.25) is 0 Å². The lowest BCUT2D eigenvalue weighted by atomic mass is 9.84. The first-order valence-corrected chi connectivity index (χ1v) is 7.58. The van der Waals surface area contributed by atoms with Crippen molar-refractivity contribution in [3.63, 3.8) is 0 Å². The van der Waals surface area contributed by atoms with E-state index in [1.807, 2.05) is 46.8 Å². The minimum absolute atomic E-state index is 0.183. The zero-order valence-corrected chi connectivity index (χ0v) is 13.9. The predicted molar refractivity (Wildman–Crippen MR) is 83.0 cm³/mol. The second kappa shape index (κ2) is 5.59. The maximum absolute atomic E-state index is 12.2. The normalized spacial score (nSPS) is 12.3. The Morgan fingerprint density at radius 2 is 1.61 bits per heavy atom. The van der Waals surface area contributed by atoms with Crippen molar-refractivity contribution >= 4 is 28.6 Å². The molecule has 18 heavy (non-hydrogen) atoms. The van der Waals surface area contributed by atoms with Gasteiger partial charge in [0.05, 0.1) is 5.41 Å². The van der Waals surface area contributed by atoms with Gasteiger partial charge < -0.3 is 4.74 Å². The summed E-state index contributed by atoms with van der Waals surface area (Å²) in [4.78, 5) is 12.2. The molecular weight excluding hydrogens is 339 g/mol. The molecule has 0 radical (unpaired) electrons. The van der Waals surface area contributed by atoms with Crippen molar-refractivity contribution in [2.24, 2.45) is 0 Å². The molecular formula is C15H21IO2. The summed E-state index contributed by atoms with van der Waals surface area (Å²) in [5.74, 6) is -0.183. The smallest absolute Gasteiger partial charge is 0.316 e. The Labute approximate surface area is 123 Å². The standard InChI is InChI=1S/C15H21IO2/c1-14(2,3)18-13(17)15(4,5)12-8-6-11(10-16)7-9-12/h6-9H,10H2,1-5H3. The molecule has 0 unspecified atom stereocenters. The highest BCUT2D eigenvalue weighted by molar-refractivity contribution is 14.1. The zero-order valence-electron chi connectivity index (χ0n) is 11.7. The van der Waals surface area contributed by atoms with Crippen molar-refractivity contribution in [1.82, 2.24) is 0 Å². The van der Waals surface area contributed by atoms with Crippen molar-refractivity contribution < 1.29 is 9.53 Å². The van der Waals surface area contributed by atoms with E-state index in [1.165, 1.54) is 5.56 Å². The number of hydrogen-bond acceptors (Lipinski definition) is 2. The van der Waals surface area contributed by atoms with Gasteiger partial charge in [-0.1, -0.05) is 46.9 Å². The monoisotopic (exact) mass is 360 g/mol. The average molecular weight is 360 g/mol. The Bertz CT molecular complexity index is 413. The fraction of sp³-hybridized carbons (Fsp3) is 0.533. The summed E-state index contributed by atoms with van der Waals surface area (Å²) in [5, 5.41) is 0. The summed E-state index contributed by atoms with van der Waals surface area (Å²) >= 11 is 2.33. The third-order valence-corrected chi connectivity index (χ3v) is 3.62. The fourth-order valence-electron chi connectivity index (χ4n) is 1.53. The fourth-order valence-corrected chi connectivity index (χ4v) is 2.04. The van der Waals surface area contributed by atoms with Gasteiger partial charge in [-0.2, -0.15) is 0 Å². The summed E-state index contributed by atoms with van der Waals surface area (Å²) in [5.41, 5.74) is 1.19. The Morgan fingerprint density at radius 1 is 1.11 bits per heavy atom. The van der Waals surface area contributed by atoms with Crippen LogP contribution in [-0.4, -0.2) is 11.6 Å². The highest BCUT2D eigenvalue weighted by Crippen LogP contribution is 2.27. The second-order valence-corrected chi connectivity index (χ2v) is 6.72. The van der Waals surface area contributed by atoms with Gasteiger partial charge >= 0.3 is 5.97 Å². The molecule has 2 nitrogen and oxygen atoms in total. The molecule has 0 aliphatic rings. The van der Waals surface area contributed by atoms with Gasteiger partial charge in [0.15, 0.2) is 0 Å². The molecule has 0 heterocycles. The van der Waals surface area contributed by atoms with Crippen molar-refractivity contribution in [3.8, 4) is 0 Å². The summed E-state index contributed by atoms with van der Waals surface area (Å²) in [6.07, 6.45) is 0. The van der Waals surface area contributed by atoms with Gasteiger partial charge in [-0.05, 0) is 45.7 Å². The summed E-state index contributed by atoms with van der Waals surface area (Å²) in [6.45, 7) is 9.47. The van der Waals surface area contributed by atoms with Crippen molar-refractivity contribution in [2.75, 3.05) is 0 Å². The molecule has 1 rings (SSSR count).